The Labute approximate surface area is 202 Å². The number of nitrogens with one attached hydrogen (secondary N) is 1. The van der Waals surface area contributed by atoms with Crippen molar-refractivity contribution in [3.05, 3.63) is 101 Å². The largest absolute Gasteiger partial charge is 0.493 e. The summed E-state index contributed by atoms with van der Waals surface area (Å²) in [6.45, 7) is 2.56. The van der Waals surface area contributed by atoms with Gasteiger partial charge in [0.15, 0.2) is 17.3 Å². The van der Waals surface area contributed by atoms with E-state index in [1.807, 2.05) is 66.7 Å². The van der Waals surface area contributed by atoms with Crippen molar-refractivity contribution in [3.63, 3.8) is 0 Å². The summed E-state index contributed by atoms with van der Waals surface area (Å²) in [6.07, 6.45) is 0. The van der Waals surface area contributed by atoms with E-state index in [-0.39, 0.29) is 5.91 Å². The predicted octanol–water partition coefficient (Wildman–Crippen LogP) is 5.19. The molecule has 0 unspecified atom stereocenters. The number of amides is 1. The summed E-state index contributed by atoms with van der Waals surface area (Å²) < 4.78 is 16.4. The third-order valence-corrected chi connectivity index (χ3v) is 6.05. The van der Waals surface area contributed by atoms with Crippen LogP contribution < -0.4 is 14.8 Å². The van der Waals surface area contributed by atoms with Gasteiger partial charge >= 0.3 is 0 Å². The van der Waals surface area contributed by atoms with Crippen LogP contribution in [-0.4, -0.2) is 23.2 Å². The summed E-state index contributed by atoms with van der Waals surface area (Å²) in [5.41, 5.74) is 2.58. The van der Waals surface area contributed by atoms with E-state index in [2.05, 4.69) is 15.5 Å². The van der Waals surface area contributed by atoms with E-state index in [0.29, 0.717) is 47.7 Å². The van der Waals surface area contributed by atoms with Gasteiger partial charge in [-0.15, -0.1) is 11.8 Å². The molecule has 34 heavy (non-hydrogen) atoms. The van der Waals surface area contributed by atoms with Crippen LogP contribution in [-0.2, 0) is 18.9 Å². The smallest absolute Gasteiger partial charge is 0.252 e. The van der Waals surface area contributed by atoms with Crippen LogP contribution in [0.15, 0.2) is 82.2 Å². The predicted molar refractivity (Wildman–Crippen MR) is 130 cm³/mol. The van der Waals surface area contributed by atoms with Gasteiger partial charge in [0.1, 0.15) is 6.61 Å². The Morgan fingerprint density at radius 3 is 2.56 bits per heavy atom. The van der Waals surface area contributed by atoms with Crippen molar-refractivity contribution in [2.75, 3.05) is 7.11 Å². The Morgan fingerprint density at radius 2 is 1.79 bits per heavy atom. The van der Waals surface area contributed by atoms with Crippen molar-refractivity contribution in [1.82, 2.24) is 15.5 Å². The summed E-state index contributed by atoms with van der Waals surface area (Å²) in [6, 6.07) is 23.1. The number of rotatable bonds is 10. The first-order valence-electron chi connectivity index (χ1n) is 10.7. The SMILES string of the molecule is COc1cc(CNC(=O)c2ccccc2SCc2noc(C)n2)ccc1OCc1ccccc1. The second-order valence-corrected chi connectivity index (χ2v) is 8.47. The minimum Gasteiger partial charge on any atom is -0.493 e. The highest BCUT2D eigenvalue weighted by molar-refractivity contribution is 7.98. The number of carbonyl (C=O) groups is 1. The molecular formula is C26H25N3O4S. The van der Waals surface area contributed by atoms with Gasteiger partial charge in [-0.2, -0.15) is 4.98 Å². The molecule has 0 radical (unpaired) electrons. The lowest BCUT2D eigenvalue weighted by molar-refractivity contribution is 0.0948. The molecule has 1 N–H and O–H groups in total. The average Bonchev–Trinajstić information content (AvgIpc) is 3.30. The molecule has 8 heteroatoms. The maximum absolute atomic E-state index is 12.9. The summed E-state index contributed by atoms with van der Waals surface area (Å²) in [5, 5.41) is 6.89. The highest BCUT2D eigenvalue weighted by atomic mass is 32.2. The summed E-state index contributed by atoms with van der Waals surface area (Å²) in [5.74, 6) is 2.75. The van der Waals surface area contributed by atoms with Gasteiger partial charge in [-0.1, -0.05) is 53.7 Å². The number of hydrogen-bond donors (Lipinski definition) is 1. The Balaban J connectivity index is 1.37. The van der Waals surface area contributed by atoms with Gasteiger partial charge in [0.05, 0.1) is 18.4 Å². The minimum absolute atomic E-state index is 0.157. The van der Waals surface area contributed by atoms with Gasteiger partial charge in [-0.05, 0) is 35.4 Å². The average molecular weight is 476 g/mol. The number of ether oxygens (including phenoxy) is 2. The lowest BCUT2D eigenvalue weighted by Gasteiger charge is -2.13. The molecule has 174 valence electrons. The zero-order chi connectivity index (χ0) is 23.8. The first-order chi connectivity index (χ1) is 16.6. The molecule has 1 aromatic heterocycles. The number of methoxy groups -OCH3 is 1. The second-order valence-electron chi connectivity index (χ2n) is 7.46. The maximum atomic E-state index is 12.9. The van der Waals surface area contributed by atoms with Crippen LogP contribution in [0.3, 0.4) is 0 Å². The fourth-order valence-electron chi connectivity index (χ4n) is 3.28. The van der Waals surface area contributed by atoms with E-state index in [9.17, 15) is 4.79 Å². The van der Waals surface area contributed by atoms with E-state index in [1.54, 1.807) is 20.1 Å². The van der Waals surface area contributed by atoms with Crippen molar-refractivity contribution in [1.29, 1.82) is 0 Å². The van der Waals surface area contributed by atoms with E-state index >= 15 is 0 Å². The van der Waals surface area contributed by atoms with Gasteiger partial charge in [0.2, 0.25) is 5.89 Å². The Bertz CT molecular complexity index is 1240. The van der Waals surface area contributed by atoms with Crippen molar-refractivity contribution in [2.24, 2.45) is 0 Å². The van der Waals surface area contributed by atoms with Crippen LogP contribution >= 0.6 is 11.8 Å². The fraction of sp³-hybridized carbons (Fsp3) is 0.192. The second kappa shape index (κ2) is 11.4. The molecule has 0 fully saturated rings. The molecule has 0 aliphatic heterocycles. The number of carbonyl (C=O) groups excluding carboxylic acids is 1. The van der Waals surface area contributed by atoms with Crippen LogP contribution in [0.1, 0.15) is 33.2 Å². The highest BCUT2D eigenvalue weighted by Crippen LogP contribution is 2.29. The van der Waals surface area contributed by atoms with Gasteiger partial charge < -0.3 is 19.3 Å². The van der Waals surface area contributed by atoms with Crippen LogP contribution in [0.4, 0.5) is 0 Å². The third kappa shape index (κ3) is 6.17. The Hall–Kier alpha value is -3.78. The molecule has 7 nitrogen and oxygen atoms in total. The van der Waals surface area contributed by atoms with E-state index < -0.39 is 0 Å². The molecule has 1 heterocycles. The summed E-state index contributed by atoms with van der Waals surface area (Å²) in [4.78, 5) is 18.0. The molecule has 0 aliphatic carbocycles. The monoisotopic (exact) mass is 475 g/mol. The molecule has 0 saturated carbocycles. The van der Waals surface area contributed by atoms with E-state index in [4.69, 9.17) is 14.0 Å². The zero-order valence-corrected chi connectivity index (χ0v) is 19.8. The molecule has 0 atom stereocenters. The van der Waals surface area contributed by atoms with Crippen molar-refractivity contribution >= 4 is 17.7 Å². The lowest BCUT2D eigenvalue weighted by Crippen LogP contribution is -2.23. The molecule has 0 aliphatic rings. The van der Waals surface area contributed by atoms with Crippen LogP contribution in [0.2, 0.25) is 0 Å². The number of nitrogens with zero attached hydrogens (tertiary/aromatic N) is 2. The molecular weight excluding hydrogens is 450 g/mol. The van der Waals surface area contributed by atoms with Crippen LogP contribution in [0.25, 0.3) is 0 Å². The quantitative estimate of drug-likeness (QED) is 0.316. The molecule has 0 spiro atoms. The number of aryl methyl sites for hydroxylation is 1. The first kappa shape index (κ1) is 23.4. The number of aromatic nitrogens is 2. The fourth-order valence-corrected chi connectivity index (χ4v) is 4.17. The molecule has 3 aromatic carbocycles. The minimum atomic E-state index is -0.157. The van der Waals surface area contributed by atoms with Gasteiger partial charge in [0.25, 0.3) is 5.91 Å². The van der Waals surface area contributed by atoms with Crippen molar-refractivity contribution < 1.29 is 18.8 Å². The standard InChI is InChI=1S/C26H25N3O4S/c1-18-28-25(29-33-18)17-34-24-11-7-6-10-21(24)26(30)27-15-20-12-13-22(23(14-20)31-2)32-16-19-8-4-3-5-9-19/h3-14H,15-17H2,1-2H3,(H,27,30). The number of hydrogen-bond acceptors (Lipinski definition) is 7. The van der Waals surface area contributed by atoms with Gasteiger partial charge in [-0.25, -0.2) is 0 Å². The normalized spacial score (nSPS) is 10.6. The molecule has 0 bridgehead atoms. The van der Waals surface area contributed by atoms with Gasteiger partial charge in [-0.3, -0.25) is 4.79 Å². The lowest BCUT2D eigenvalue weighted by atomic mass is 10.1. The van der Waals surface area contributed by atoms with E-state index in [1.165, 1.54) is 11.8 Å². The zero-order valence-electron chi connectivity index (χ0n) is 19.0. The van der Waals surface area contributed by atoms with Crippen molar-refractivity contribution in [3.8, 4) is 11.5 Å². The topological polar surface area (TPSA) is 86.5 Å². The molecule has 1 amide bonds. The number of thioether (sulfide) groups is 1. The Morgan fingerprint density at radius 1 is 1.00 bits per heavy atom. The van der Waals surface area contributed by atoms with E-state index in [0.717, 1.165) is 16.0 Å². The molecule has 0 saturated heterocycles. The highest BCUT2D eigenvalue weighted by Gasteiger charge is 2.13. The maximum Gasteiger partial charge on any atom is 0.252 e. The van der Waals surface area contributed by atoms with Crippen LogP contribution in [0.5, 0.6) is 11.5 Å². The van der Waals surface area contributed by atoms with Gasteiger partial charge in [0, 0.05) is 18.4 Å². The third-order valence-electron chi connectivity index (χ3n) is 4.98. The Kier molecular flexibility index (Phi) is 7.83. The van der Waals surface area contributed by atoms with Crippen molar-refractivity contribution in [2.45, 2.75) is 30.7 Å². The first-order valence-corrected chi connectivity index (χ1v) is 11.7. The molecule has 4 rings (SSSR count). The summed E-state index contributed by atoms with van der Waals surface area (Å²) in [7, 11) is 1.60. The van der Waals surface area contributed by atoms with Crippen LogP contribution in [0, 0.1) is 6.92 Å². The number of benzene rings is 3. The summed E-state index contributed by atoms with van der Waals surface area (Å²) >= 11 is 1.49. The molecule has 4 aromatic rings.